The van der Waals surface area contributed by atoms with E-state index in [-0.39, 0.29) is 46.6 Å². The minimum atomic E-state index is -0.967. The Hall–Kier alpha value is -12.2. The molecule has 1 unspecified atom stereocenters. The maximum atomic E-state index is 13.5. The number of amides is 2. The zero-order chi connectivity index (χ0) is 84.6. The Morgan fingerprint density at radius 1 is 0.458 bits per heavy atom. The van der Waals surface area contributed by atoms with Crippen molar-refractivity contribution in [2.75, 3.05) is 23.9 Å². The number of pyridine rings is 4. The molecule has 2 amide bonds. The number of thiophene rings is 6. The summed E-state index contributed by atoms with van der Waals surface area (Å²) in [4.78, 5) is 72.4. The molecule has 5 aromatic carbocycles. The number of methoxy groups -OCH3 is 1. The molecule has 596 valence electrons. The number of carboxylic acids is 2. The number of ether oxygens (including phenoxy) is 1. The van der Waals surface area contributed by atoms with Crippen LogP contribution in [0.1, 0.15) is 68.4 Å². The van der Waals surface area contributed by atoms with Gasteiger partial charge in [0.1, 0.15) is 67.0 Å². The van der Waals surface area contributed by atoms with Crippen LogP contribution in [0, 0.1) is 63.9 Å². The average molecular weight is 1770 g/mol. The van der Waals surface area contributed by atoms with E-state index in [4.69, 9.17) is 19.8 Å². The van der Waals surface area contributed by atoms with E-state index in [9.17, 15) is 54.1 Å². The SMILES string of the molecule is CC(C)NC(=O)CSc1nc(-c2cccs2)cc(-c2ccc(F)cc2)c1C#N.COc1cc(NC(=O)CSc2nc(-c3cccs3)cc(-c3ccc(F)cc3)c2C#N)ccc1C.N#Cc1c(-c2cccs2)cc(-c2cccs2)nc1SC(C(=O)O)c1ccccc1.N#Cc1c(-c2cccs2)cc(-c2cccs2)nc1SCc1ccc(C(=O)O)cc1. The Bertz CT molecular complexity index is 6240. The van der Waals surface area contributed by atoms with Crippen LogP contribution in [-0.4, -0.2) is 78.6 Å². The van der Waals surface area contributed by atoms with Gasteiger partial charge in [-0.1, -0.05) is 144 Å². The van der Waals surface area contributed by atoms with E-state index < -0.39 is 17.2 Å². The van der Waals surface area contributed by atoms with Gasteiger partial charge in [-0.25, -0.2) is 33.5 Å². The third kappa shape index (κ3) is 22.8. The van der Waals surface area contributed by atoms with E-state index in [0.717, 1.165) is 85.9 Å². The van der Waals surface area contributed by atoms with Crippen molar-refractivity contribution in [2.24, 2.45) is 0 Å². The number of hydrogen-bond acceptors (Lipinski definition) is 23. The number of nitrogens with one attached hydrogen (secondary N) is 2. The summed E-state index contributed by atoms with van der Waals surface area (Å²) >= 11 is 14.4. The van der Waals surface area contributed by atoms with Gasteiger partial charge in [0.2, 0.25) is 11.8 Å². The number of carboxylic acid groups (broad SMARTS) is 2. The van der Waals surface area contributed by atoms with Gasteiger partial charge in [0.25, 0.3) is 0 Å². The van der Waals surface area contributed by atoms with Crippen LogP contribution in [-0.2, 0) is 20.1 Å². The highest BCUT2D eigenvalue weighted by atomic mass is 32.2. The van der Waals surface area contributed by atoms with E-state index in [1.165, 1.54) is 70.9 Å². The standard InChI is InChI=1S/C26H20FN3O2S2.2C22H14N2O2S3.C21H18FN3OS2/c1-16-5-10-19(12-23(16)32-2)29-25(31)15-34-26-21(14-28)20(17-6-8-18(27)9-7-17)13-22(30-26)24-4-3-11-33-24;23-12-17-16(19-3-1-9-27-19)11-18(20-4-2-10-28-20)24-21(17)29-13-14-5-7-15(8-6-14)22(25)26;23-13-16-15(18-8-4-10-27-18)12-17(19-9-5-11-28-19)24-21(16)29-20(22(25)26)14-6-2-1-3-7-14;1-13(2)24-20(26)12-28-21-17(11-23)16(14-5-7-15(22)8-6-14)10-18(25-21)19-4-3-9-27-19/h3-13H,15H2,1-2H3,(H,29,31);1-11H,13H2,(H,25,26);1-12,20H,(H,25,26);3-10,13H,12H2,1-2H3,(H,24,26). The molecule has 15 aromatic rings. The lowest BCUT2D eigenvalue weighted by Gasteiger charge is -2.15. The second kappa shape index (κ2) is 42.5. The van der Waals surface area contributed by atoms with E-state index in [0.29, 0.717) is 87.5 Å². The molecule has 4 N–H and O–H groups in total. The second-order valence-electron chi connectivity index (χ2n) is 25.8. The molecule has 17 nitrogen and oxygen atoms in total. The van der Waals surface area contributed by atoms with Crippen molar-refractivity contribution < 1.29 is 42.9 Å². The van der Waals surface area contributed by atoms with E-state index in [2.05, 4.69) is 44.9 Å². The number of aromatic carboxylic acids is 1. The van der Waals surface area contributed by atoms with Crippen molar-refractivity contribution in [3.05, 3.63) is 307 Å². The van der Waals surface area contributed by atoms with Crippen LogP contribution < -0.4 is 15.4 Å². The number of aromatic nitrogens is 4. The van der Waals surface area contributed by atoms with Gasteiger partial charge < -0.3 is 25.6 Å². The van der Waals surface area contributed by atoms with Crippen LogP contribution in [0.25, 0.3) is 85.4 Å². The van der Waals surface area contributed by atoms with E-state index in [1.54, 1.807) is 131 Å². The highest BCUT2D eigenvalue weighted by Crippen LogP contribution is 2.45. The van der Waals surface area contributed by atoms with Gasteiger partial charge in [0.05, 0.1) is 88.7 Å². The number of thioether (sulfide) groups is 4. The Kier molecular flexibility index (Phi) is 30.8. The van der Waals surface area contributed by atoms with Crippen LogP contribution in [0.15, 0.2) is 271 Å². The van der Waals surface area contributed by atoms with Crippen LogP contribution in [0.5, 0.6) is 5.75 Å². The maximum absolute atomic E-state index is 13.5. The molecule has 10 heterocycles. The molecule has 0 bridgehead atoms. The van der Waals surface area contributed by atoms with Gasteiger partial charge in [-0.2, -0.15) is 21.0 Å². The van der Waals surface area contributed by atoms with Crippen LogP contribution >= 0.6 is 115 Å². The highest BCUT2D eigenvalue weighted by Gasteiger charge is 2.28. The lowest BCUT2D eigenvalue weighted by Crippen LogP contribution is -2.31. The Balaban J connectivity index is 0.000000147. The van der Waals surface area contributed by atoms with Crippen LogP contribution in [0.3, 0.4) is 0 Å². The molecule has 29 heteroatoms. The largest absolute Gasteiger partial charge is 0.496 e. The molecular formula is C91H66F2N10O7S10. The number of benzene rings is 5. The number of hydrogen-bond donors (Lipinski definition) is 4. The minimum Gasteiger partial charge on any atom is -0.496 e. The summed E-state index contributed by atoms with van der Waals surface area (Å²) in [6, 6.07) is 73.5. The zero-order valence-electron chi connectivity index (χ0n) is 63.9. The molecule has 0 aliphatic heterocycles. The number of carbonyl (C=O) groups excluding carboxylic acids is 2. The van der Waals surface area contributed by atoms with Crippen LogP contribution in [0.4, 0.5) is 14.5 Å². The van der Waals surface area contributed by atoms with Crippen molar-refractivity contribution in [2.45, 2.75) is 57.9 Å². The predicted octanol–water partition coefficient (Wildman–Crippen LogP) is 24.4. The number of aryl methyl sites for hydroxylation is 1. The molecule has 0 spiro atoms. The lowest BCUT2D eigenvalue weighted by molar-refractivity contribution is -0.136. The third-order valence-electron chi connectivity index (χ3n) is 17.3. The fourth-order valence-electron chi connectivity index (χ4n) is 11.7. The number of nitrogens with zero attached hydrogens (tertiary/aromatic N) is 8. The molecule has 15 rings (SSSR count). The van der Waals surface area contributed by atoms with Gasteiger partial charge in [-0.15, -0.1) is 79.8 Å². The summed E-state index contributed by atoms with van der Waals surface area (Å²) in [5, 5.41) is 77.1. The number of halogens is 2. The maximum Gasteiger partial charge on any atom is 0.335 e. The fourth-order valence-corrected chi connectivity index (χ4v) is 19.6. The number of anilines is 1. The normalized spacial score (nSPS) is 10.9. The van der Waals surface area contributed by atoms with Gasteiger partial charge >= 0.3 is 11.9 Å². The minimum absolute atomic E-state index is 0.0451. The summed E-state index contributed by atoms with van der Waals surface area (Å²) in [5.41, 5.74) is 12.6. The summed E-state index contributed by atoms with van der Waals surface area (Å²) in [7, 11) is 1.58. The first-order valence-corrected chi connectivity index (χ1v) is 45.3. The molecule has 0 aliphatic rings. The topological polar surface area (TPSA) is 289 Å². The first-order chi connectivity index (χ1) is 58.3. The van der Waals surface area contributed by atoms with Crippen molar-refractivity contribution in [3.8, 4) is 115 Å². The third-order valence-corrected chi connectivity index (χ3v) is 26.9. The number of carbonyl (C=O) groups is 4. The molecule has 0 saturated heterocycles. The van der Waals surface area contributed by atoms with E-state index in [1.807, 2.05) is 180 Å². The average Bonchev–Trinajstić information content (AvgIpc) is 1.27. The number of nitriles is 4. The Morgan fingerprint density at radius 2 is 0.850 bits per heavy atom. The first-order valence-electron chi connectivity index (χ1n) is 36.2. The van der Waals surface area contributed by atoms with E-state index >= 15 is 0 Å². The summed E-state index contributed by atoms with van der Waals surface area (Å²) in [6.45, 7) is 5.71. The number of aliphatic carboxylic acids is 1. The zero-order valence-corrected chi connectivity index (χ0v) is 72.0. The molecule has 0 fully saturated rings. The lowest BCUT2D eigenvalue weighted by atomic mass is 10.0. The fraction of sp³-hybridized carbons (Fsp3) is 0.0989. The highest BCUT2D eigenvalue weighted by molar-refractivity contribution is 8.00. The van der Waals surface area contributed by atoms with Gasteiger partial charge in [0, 0.05) is 55.6 Å². The van der Waals surface area contributed by atoms with Gasteiger partial charge in [-0.05, 0) is 184 Å². The Morgan fingerprint density at radius 3 is 1.24 bits per heavy atom. The van der Waals surface area contributed by atoms with Crippen molar-refractivity contribution >= 4 is 145 Å². The molecular weight excluding hydrogens is 1700 g/mol. The van der Waals surface area contributed by atoms with Gasteiger partial charge in [0.15, 0.2) is 0 Å². The quantitative estimate of drug-likeness (QED) is 0.0387. The van der Waals surface area contributed by atoms with Crippen molar-refractivity contribution in [1.82, 2.24) is 25.3 Å². The molecule has 10 aromatic heterocycles. The smallest absolute Gasteiger partial charge is 0.335 e. The molecule has 0 radical (unpaired) electrons. The summed E-state index contributed by atoms with van der Waals surface area (Å²) in [6.07, 6.45) is 0. The molecule has 0 saturated carbocycles. The molecule has 120 heavy (non-hydrogen) atoms. The van der Waals surface area contributed by atoms with Gasteiger partial charge in [-0.3, -0.25) is 14.4 Å². The summed E-state index contributed by atoms with van der Waals surface area (Å²) < 4.78 is 32.2. The van der Waals surface area contributed by atoms with Crippen LogP contribution in [0.2, 0.25) is 0 Å². The van der Waals surface area contributed by atoms with Crippen molar-refractivity contribution in [1.29, 1.82) is 21.0 Å². The second-order valence-corrected chi connectivity index (χ2v) is 35.5. The Labute approximate surface area is 731 Å². The van der Waals surface area contributed by atoms with Crippen molar-refractivity contribution in [3.63, 3.8) is 0 Å². The predicted molar refractivity (Wildman–Crippen MR) is 483 cm³/mol. The molecule has 0 aliphatic carbocycles. The number of rotatable bonds is 25. The molecule has 1 atom stereocenters. The monoisotopic (exact) mass is 1770 g/mol. The summed E-state index contributed by atoms with van der Waals surface area (Å²) in [5.74, 6) is -1.44. The first kappa shape index (κ1) is 87.1.